The van der Waals surface area contributed by atoms with Gasteiger partial charge in [-0.25, -0.2) is 9.00 Å². The number of allylic oxidation sites excluding steroid dienone is 1. The Morgan fingerprint density at radius 1 is 1.57 bits per heavy atom. The van der Waals surface area contributed by atoms with Crippen LogP contribution in [0.1, 0.15) is 14.8 Å². The summed E-state index contributed by atoms with van der Waals surface area (Å²) in [5, 5.41) is 0. The molecule has 7 heteroatoms. The van der Waals surface area contributed by atoms with E-state index in [-0.39, 0.29) is 66.0 Å². The van der Waals surface area contributed by atoms with Gasteiger partial charge in [-0.05, 0) is 6.92 Å². The van der Waals surface area contributed by atoms with Crippen molar-refractivity contribution in [1.29, 1.82) is 0 Å². The molecule has 1 unspecified atom stereocenters. The Morgan fingerprint density at radius 3 is 2.71 bits per heavy atom. The van der Waals surface area contributed by atoms with Gasteiger partial charge in [0, 0.05) is 12.5 Å². The summed E-state index contributed by atoms with van der Waals surface area (Å²) in [6.45, 7) is 1.88. The molecule has 0 aliphatic carbocycles. The Labute approximate surface area is 130 Å². The van der Waals surface area contributed by atoms with E-state index in [4.69, 9.17) is 0 Å². The Kier molecular flexibility index (Phi) is 14.8. The van der Waals surface area contributed by atoms with Crippen LogP contribution in [-0.4, -0.2) is 27.9 Å². The first-order chi connectivity index (χ1) is 6.16. The fourth-order valence-corrected chi connectivity index (χ4v) is 0.797. The predicted octanol–water partition coefficient (Wildman–Crippen LogP) is -2.58. The fraction of sp³-hybridized carbons (Fsp3) is 0.571. The third-order valence-corrected chi connectivity index (χ3v) is 1.37. The first-order valence-corrected chi connectivity index (χ1v) is 4.68. The van der Waals surface area contributed by atoms with Crippen LogP contribution in [0.5, 0.6) is 0 Å². The Bertz CT molecular complexity index is 212. The van der Waals surface area contributed by atoms with Crippen molar-refractivity contribution in [3.05, 3.63) is 12.2 Å². The summed E-state index contributed by atoms with van der Waals surface area (Å²) < 4.78 is 28.6. The van der Waals surface area contributed by atoms with Crippen LogP contribution in [0.2, 0.25) is 0 Å². The van der Waals surface area contributed by atoms with Crippen LogP contribution >= 0.6 is 0 Å². The zero-order chi connectivity index (χ0) is 10.1. The van der Waals surface area contributed by atoms with Crippen LogP contribution in [0.4, 0.5) is 0 Å². The number of carbonyl (C=O) groups is 1. The van der Waals surface area contributed by atoms with Crippen molar-refractivity contribution in [2.45, 2.75) is 13.3 Å². The second-order valence-corrected chi connectivity index (χ2v) is 2.69. The average molecular weight is 247 g/mol. The van der Waals surface area contributed by atoms with Crippen molar-refractivity contribution in [1.82, 2.24) is 0 Å². The van der Waals surface area contributed by atoms with Gasteiger partial charge in [0.15, 0.2) is 0 Å². The number of hydrogen-bond acceptors (Lipinski definition) is 5. The van der Waals surface area contributed by atoms with Crippen LogP contribution in [0.25, 0.3) is 0 Å². The van der Waals surface area contributed by atoms with Crippen molar-refractivity contribution < 1.29 is 75.3 Å². The first kappa shape index (κ1) is 17.3. The minimum Gasteiger partial charge on any atom is -1.00 e. The maximum atomic E-state index is 10.7. The summed E-state index contributed by atoms with van der Waals surface area (Å²) in [5.74, 6) is -0.439. The molecule has 0 aromatic heterocycles. The maximum absolute atomic E-state index is 10.7. The third kappa shape index (κ3) is 12.9. The standard InChI is InChI=1S/C7H12O5S.K.H/c1-2-4-7(8)11-5-3-6-12-13(9)10;;/h2,4H,3,5-6H2,1H3,(H,9,10);;/q;+1;-1/p-1. The number of esters is 1. The SMILES string of the molecule is CC=CC(=O)OCCCOS(=O)[O-].[H-].[K+]. The zero-order valence-electron chi connectivity index (χ0n) is 9.23. The molecular weight excluding hydrogens is 235 g/mol. The largest absolute Gasteiger partial charge is 1.00 e. The molecule has 5 nitrogen and oxygen atoms in total. The molecule has 14 heavy (non-hydrogen) atoms. The van der Waals surface area contributed by atoms with Gasteiger partial charge in [-0.2, -0.15) is 0 Å². The molecule has 0 spiro atoms. The summed E-state index contributed by atoms with van der Waals surface area (Å²) in [7, 11) is 0. The van der Waals surface area contributed by atoms with E-state index in [2.05, 4.69) is 8.92 Å². The Morgan fingerprint density at radius 2 is 2.21 bits per heavy atom. The average Bonchev–Trinajstić information content (AvgIpc) is 2.03. The van der Waals surface area contributed by atoms with E-state index in [1.54, 1.807) is 13.0 Å². The molecule has 0 saturated heterocycles. The molecular formula is C7H12KO5S-. The molecule has 0 rings (SSSR count). The molecule has 78 valence electrons. The van der Waals surface area contributed by atoms with Gasteiger partial charge in [0.05, 0.1) is 24.6 Å². The summed E-state index contributed by atoms with van der Waals surface area (Å²) in [4.78, 5) is 10.7. The van der Waals surface area contributed by atoms with E-state index in [0.29, 0.717) is 6.42 Å². The van der Waals surface area contributed by atoms with Gasteiger partial charge in [-0.1, -0.05) is 6.08 Å². The second-order valence-electron chi connectivity index (χ2n) is 2.05. The first-order valence-electron chi connectivity index (χ1n) is 3.68. The zero-order valence-corrected chi connectivity index (χ0v) is 12.2. The molecule has 1 atom stereocenters. The van der Waals surface area contributed by atoms with E-state index >= 15 is 0 Å². The van der Waals surface area contributed by atoms with Gasteiger partial charge in [0.1, 0.15) is 0 Å². The van der Waals surface area contributed by atoms with Crippen molar-refractivity contribution >= 4 is 17.3 Å². The molecule has 0 radical (unpaired) electrons. The maximum Gasteiger partial charge on any atom is 1.00 e. The van der Waals surface area contributed by atoms with Gasteiger partial charge in [0.2, 0.25) is 0 Å². The van der Waals surface area contributed by atoms with Crippen molar-refractivity contribution in [3.8, 4) is 0 Å². The number of hydrogen-bond donors (Lipinski definition) is 0. The summed E-state index contributed by atoms with van der Waals surface area (Å²) >= 11 is -2.49. The topological polar surface area (TPSA) is 75.7 Å². The molecule has 0 aromatic rings. The molecule has 0 heterocycles. The number of carbonyl (C=O) groups excluding carboxylic acids is 1. The normalized spacial score (nSPS) is 12.1. The van der Waals surface area contributed by atoms with Crippen LogP contribution < -0.4 is 51.4 Å². The summed E-state index contributed by atoms with van der Waals surface area (Å²) in [5.41, 5.74) is 0. The van der Waals surface area contributed by atoms with Gasteiger partial charge in [-0.15, -0.1) is 0 Å². The number of ether oxygens (including phenoxy) is 1. The molecule has 0 fully saturated rings. The Balaban J connectivity index is -0.000000720. The molecule has 0 bridgehead atoms. The third-order valence-electron chi connectivity index (χ3n) is 1.02. The van der Waals surface area contributed by atoms with Crippen LogP contribution in [0.3, 0.4) is 0 Å². The monoisotopic (exact) mass is 247 g/mol. The van der Waals surface area contributed by atoms with E-state index in [1.807, 2.05) is 0 Å². The van der Waals surface area contributed by atoms with E-state index in [1.165, 1.54) is 6.08 Å². The van der Waals surface area contributed by atoms with E-state index in [0.717, 1.165) is 0 Å². The van der Waals surface area contributed by atoms with E-state index < -0.39 is 17.3 Å². The molecule has 0 aromatic carbocycles. The fourth-order valence-electron chi connectivity index (χ4n) is 0.543. The molecule has 0 amide bonds. The minimum atomic E-state index is -2.49. The molecule has 0 aliphatic heterocycles. The van der Waals surface area contributed by atoms with Gasteiger partial charge < -0.3 is 14.9 Å². The molecule has 0 aliphatic rings. The van der Waals surface area contributed by atoms with E-state index in [9.17, 15) is 13.6 Å². The predicted molar refractivity (Wildman–Crippen MR) is 46.4 cm³/mol. The summed E-state index contributed by atoms with van der Waals surface area (Å²) in [6, 6.07) is 0. The van der Waals surface area contributed by atoms with Gasteiger partial charge in [-0.3, -0.25) is 0 Å². The quantitative estimate of drug-likeness (QED) is 0.169. The minimum absolute atomic E-state index is 0. The smallest absolute Gasteiger partial charge is 1.00 e. The van der Waals surface area contributed by atoms with Crippen molar-refractivity contribution in [2.24, 2.45) is 0 Å². The van der Waals surface area contributed by atoms with Crippen LogP contribution in [0, 0.1) is 0 Å². The van der Waals surface area contributed by atoms with Crippen LogP contribution in [-0.2, 0) is 25.1 Å². The number of rotatable bonds is 6. The molecule has 0 saturated carbocycles. The van der Waals surface area contributed by atoms with Crippen LogP contribution in [0.15, 0.2) is 12.2 Å². The Hall–Kier alpha value is 0.916. The van der Waals surface area contributed by atoms with Crippen molar-refractivity contribution in [2.75, 3.05) is 13.2 Å². The molecule has 0 N–H and O–H groups in total. The van der Waals surface area contributed by atoms with Gasteiger partial charge in [0.25, 0.3) is 0 Å². The van der Waals surface area contributed by atoms with Gasteiger partial charge >= 0.3 is 57.4 Å². The van der Waals surface area contributed by atoms with Crippen molar-refractivity contribution in [3.63, 3.8) is 0 Å². The second kappa shape index (κ2) is 12.0. The summed E-state index contributed by atoms with van der Waals surface area (Å²) in [6.07, 6.45) is 3.20.